The molecular weight excluding hydrogens is 435 g/mol. The highest BCUT2D eigenvalue weighted by atomic mass is 31.2. The van der Waals surface area contributed by atoms with Crippen molar-refractivity contribution in [2.45, 2.75) is 129 Å². The molecule has 1 aliphatic heterocycles. The van der Waals surface area contributed by atoms with Crippen LogP contribution in [0.15, 0.2) is 11.3 Å². The number of hydrogen-bond acceptors (Lipinski definition) is 5. The summed E-state index contributed by atoms with van der Waals surface area (Å²) >= 11 is 0. The zero-order valence-corrected chi connectivity index (χ0v) is 22.9. The molecule has 0 bridgehead atoms. The standard InChI is InChI=1S/C27H51O5P/c1-5-6-7-8-9-10-11-12-13-14-15-16-17-18-19-20-21-25-22-23-33(29,31-4)32-24(2)26(25)27(28)30-3/h25H,5-23H2,1-4H3/t25-,33-/m1/s1. The van der Waals surface area contributed by atoms with E-state index < -0.39 is 7.60 Å². The van der Waals surface area contributed by atoms with Crippen molar-refractivity contribution >= 4 is 13.6 Å². The van der Waals surface area contributed by atoms with Crippen LogP contribution < -0.4 is 0 Å². The van der Waals surface area contributed by atoms with Gasteiger partial charge in [0.25, 0.3) is 0 Å². The van der Waals surface area contributed by atoms with Crippen LogP contribution in [0, 0.1) is 5.92 Å². The van der Waals surface area contributed by atoms with E-state index >= 15 is 0 Å². The summed E-state index contributed by atoms with van der Waals surface area (Å²) in [6, 6.07) is 0. The summed E-state index contributed by atoms with van der Waals surface area (Å²) in [5, 5.41) is 0. The Morgan fingerprint density at radius 1 is 0.848 bits per heavy atom. The van der Waals surface area contributed by atoms with Crippen LogP contribution in [0.1, 0.15) is 129 Å². The van der Waals surface area contributed by atoms with Gasteiger partial charge in [-0.25, -0.2) is 9.36 Å². The van der Waals surface area contributed by atoms with Gasteiger partial charge in [-0.3, -0.25) is 0 Å². The summed E-state index contributed by atoms with van der Waals surface area (Å²) < 4.78 is 28.3. The molecule has 0 unspecified atom stereocenters. The summed E-state index contributed by atoms with van der Waals surface area (Å²) in [6.45, 7) is 3.97. The first-order valence-electron chi connectivity index (χ1n) is 13.6. The molecule has 33 heavy (non-hydrogen) atoms. The maximum atomic E-state index is 12.6. The quantitative estimate of drug-likeness (QED) is 0.104. The van der Waals surface area contributed by atoms with Crippen LogP contribution in [0.3, 0.4) is 0 Å². The molecule has 5 nitrogen and oxygen atoms in total. The van der Waals surface area contributed by atoms with Crippen molar-refractivity contribution in [3.05, 3.63) is 11.3 Å². The van der Waals surface area contributed by atoms with Crippen molar-refractivity contribution in [2.75, 3.05) is 20.4 Å². The summed E-state index contributed by atoms with van der Waals surface area (Å²) in [5.41, 5.74) is 0.535. The number of esters is 1. The van der Waals surface area contributed by atoms with Gasteiger partial charge >= 0.3 is 13.6 Å². The molecule has 0 N–H and O–H groups in total. The lowest BCUT2D eigenvalue weighted by Gasteiger charge is -2.17. The number of methoxy groups -OCH3 is 1. The van der Waals surface area contributed by atoms with Crippen molar-refractivity contribution in [1.82, 2.24) is 0 Å². The van der Waals surface area contributed by atoms with Gasteiger partial charge in [0.1, 0.15) is 5.76 Å². The molecule has 0 saturated carbocycles. The summed E-state index contributed by atoms with van der Waals surface area (Å²) in [7, 11) is -0.372. The predicted octanol–water partition coefficient (Wildman–Crippen LogP) is 8.96. The monoisotopic (exact) mass is 486 g/mol. The van der Waals surface area contributed by atoms with Crippen LogP contribution in [0.4, 0.5) is 0 Å². The van der Waals surface area contributed by atoms with Gasteiger partial charge in [0.05, 0.1) is 18.8 Å². The third-order valence-corrected chi connectivity index (χ3v) is 8.82. The van der Waals surface area contributed by atoms with Crippen LogP contribution in [0.2, 0.25) is 0 Å². The highest BCUT2D eigenvalue weighted by Crippen LogP contribution is 2.54. The number of carbonyl (C=O) groups excluding carboxylic acids is 1. The molecule has 6 heteroatoms. The van der Waals surface area contributed by atoms with Crippen molar-refractivity contribution in [3.8, 4) is 0 Å². The molecule has 0 aromatic carbocycles. The van der Waals surface area contributed by atoms with Crippen molar-refractivity contribution in [1.29, 1.82) is 0 Å². The molecule has 0 radical (unpaired) electrons. The van der Waals surface area contributed by atoms with E-state index in [4.69, 9.17) is 13.8 Å². The fourth-order valence-electron chi connectivity index (χ4n) is 4.83. The Morgan fingerprint density at radius 3 is 1.73 bits per heavy atom. The first-order valence-corrected chi connectivity index (χ1v) is 15.3. The van der Waals surface area contributed by atoms with Crippen molar-refractivity contribution in [2.24, 2.45) is 5.92 Å². The molecule has 0 aliphatic carbocycles. The number of hydrogen-bond donors (Lipinski definition) is 0. The maximum Gasteiger partial charge on any atom is 0.378 e. The average molecular weight is 487 g/mol. The predicted molar refractivity (Wildman–Crippen MR) is 138 cm³/mol. The van der Waals surface area contributed by atoms with Gasteiger partial charge in [-0.05, 0) is 25.7 Å². The first kappa shape index (κ1) is 30.2. The second-order valence-electron chi connectivity index (χ2n) is 9.65. The molecule has 0 fully saturated rings. The number of unbranched alkanes of at least 4 members (excludes halogenated alkanes) is 15. The second-order valence-corrected chi connectivity index (χ2v) is 11.9. The van der Waals surface area contributed by atoms with Crippen LogP contribution in [-0.2, 0) is 23.1 Å². The van der Waals surface area contributed by atoms with Crippen LogP contribution in [0.25, 0.3) is 0 Å². The Kier molecular flexibility index (Phi) is 17.0. The Hall–Kier alpha value is -0.800. The van der Waals surface area contributed by atoms with Gasteiger partial charge in [-0.15, -0.1) is 0 Å². The van der Waals surface area contributed by atoms with E-state index in [9.17, 15) is 9.36 Å². The molecule has 0 aromatic rings. The molecule has 1 rings (SSSR count). The Morgan fingerprint density at radius 2 is 1.30 bits per heavy atom. The molecule has 1 aliphatic rings. The van der Waals surface area contributed by atoms with Crippen LogP contribution in [0.5, 0.6) is 0 Å². The minimum absolute atomic E-state index is 0.0232. The SMILES string of the molecule is CCCCCCCCCCCCCCCCCC[C@@H]1CC[P@@](=O)(OC)OC(C)=C1C(=O)OC. The van der Waals surface area contributed by atoms with Gasteiger partial charge in [0, 0.05) is 7.11 Å². The van der Waals surface area contributed by atoms with E-state index in [1.165, 1.54) is 111 Å². The normalized spacial score (nSPS) is 21.0. The fraction of sp³-hybridized carbons (Fsp3) is 0.889. The molecule has 0 saturated heterocycles. The van der Waals surface area contributed by atoms with Gasteiger partial charge in [-0.1, -0.05) is 110 Å². The summed E-state index contributed by atoms with van der Waals surface area (Å²) in [4.78, 5) is 12.3. The number of carbonyl (C=O) groups is 1. The van der Waals surface area contributed by atoms with Gasteiger partial charge in [0.2, 0.25) is 0 Å². The summed E-state index contributed by atoms with van der Waals surface area (Å²) in [6.07, 6.45) is 23.4. The third-order valence-electron chi connectivity index (χ3n) is 6.90. The lowest BCUT2D eigenvalue weighted by Crippen LogP contribution is -2.16. The second kappa shape index (κ2) is 18.5. The largest absolute Gasteiger partial charge is 0.466 e. The molecule has 1 heterocycles. The Balaban J connectivity index is 2.13. The van der Waals surface area contributed by atoms with Crippen molar-refractivity contribution in [3.63, 3.8) is 0 Å². The number of allylic oxidation sites excluding steroid dienone is 1. The van der Waals surface area contributed by atoms with E-state index in [-0.39, 0.29) is 11.9 Å². The molecule has 0 spiro atoms. The summed E-state index contributed by atoms with van der Waals surface area (Å²) in [5.74, 6) is 0.0413. The van der Waals surface area contributed by atoms with E-state index in [0.29, 0.717) is 23.9 Å². The van der Waals surface area contributed by atoms with Crippen LogP contribution >= 0.6 is 7.60 Å². The van der Waals surface area contributed by atoms with Gasteiger partial charge in [-0.2, -0.15) is 0 Å². The molecule has 0 aromatic heterocycles. The molecule has 194 valence electrons. The van der Waals surface area contributed by atoms with Gasteiger partial charge in [0.15, 0.2) is 0 Å². The molecular formula is C27H51O5P. The number of ether oxygens (including phenoxy) is 1. The highest BCUT2D eigenvalue weighted by Gasteiger charge is 2.35. The number of rotatable bonds is 19. The highest BCUT2D eigenvalue weighted by molar-refractivity contribution is 7.53. The zero-order valence-electron chi connectivity index (χ0n) is 22.0. The minimum Gasteiger partial charge on any atom is -0.466 e. The molecule has 0 amide bonds. The topological polar surface area (TPSA) is 61.8 Å². The van der Waals surface area contributed by atoms with E-state index in [1.807, 2.05) is 0 Å². The Labute approximate surface area is 203 Å². The fourth-order valence-corrected chi connectivity index (χ4v) is 6.32. The Bertz CT molecular complexity index is 601. The van der Waals surface area contributed by atoms with Crippen molar-refractivity contribution < 1.29 is 23.1 Å². The lowest BCUT2D eigenvalue weighted by atomic mass is 9.89. The molecule has 2 atom stereocenters. The van der Waals surface area contributed by atoms with Crippen LogP contribution in [-0.4, -0.2) is 26.4 Å². The minimum atomic E-state index is -3.16. The maximum absolute atomic E-state index is 12.6. The van der Waals surface area contributed by atoms with E-state index in [1.54, 1.807) is 6.92 Å². The average Bonchev–Trinajstić information content (AvgIpc) is 2.94. The third kappa shape index (κ3) is 13.0. The smallest absolute Gasteiger partial charge is 0.378 e. The zero-order chi connectivity index (χ0) is 24.4. The first-order chi connectivity index (χ1) is 16.0. The lowest BCUT2D eigenvalue weighted by molar-refractivity contribution is -0.137. The van der Waals surface area contributed by atoms with Gasteiger partial charge < -0.3 is 13.8 Å². The van der Waals surface area contributed by atoms with E-state index in [2.05, 4.69) is 6.92 Å². The van der Waals surface area contributed by atoms with E-state index in [0.717, 1.165) is 12.8 Å².